The molecule has 1 saturated heterocycles. The van der Waals surface area contributed by atoms with Crippen LogP contribution in [-0.4, -0.2) is 30.0 Å². The number of rotatable bonds is 3. The van der Waals surface area contributed by atoms with Crippen molar-refractivity contribution in [2.75, 3.05) is 13.7 Å². The van der Waals surface area contributed by atoms with Gasteiger partial charge in [-0.1, -0.05) is 0 Å². The van der Waals surface area contributed by atoms with Gasteiger partial charge in [-0.2, -0.15) is 0 Å². The van der Waals surface area contributed by atoms with Gasteiger partial charge < -0.3 is 14.5 Å². The molecule has 1 aromatic carbocycles. The molecule has 3 rings (SSSR count). The number of methoxy groups -OCH3 is 1. The van der Waals surface area contributed by atoms with Gasteiger partial charge in [-0.3, -0.25) is 4.79 Å². The van der Waals surface area contributed by atoms with Crippen molar-refractivity contribution < 1.29 is 14.3 Å². The van der Waals surface area contributed by atoms with Crippen molar-refractivity contribution >= 4 is 17.3 Å². The third kappa shape index (κ3) is 2.10. The Hall–Kier alpha value is -1.88. The molecule has 0 amide bonds. The second-order valence-corrected chi connectivity index (χ2v) is 4.68. The quantitative estimate of drug-likeness (QED) is 0.862. The van der Waals surface area contributed by atoms with Gasteiger partial charge in [-0.15, -0.1) is 0 Å². The highest BCUT2D eigenvalue weighted by Gasteiger charge is 2.21. The van der Waals surface area contributed by atoms with Crippen LogP contribution in [0, 0.1) is 0 Å². The van der Waals surface area contributed by atoms with Crippen LogP contribution in [0.3, 0.4) is 0 Å². The SMILES string of the molecule is COc1c(C=O)ccc2[nH]c(C3CCCCO3)nc12. The first-order valence-electron chi connectivity index (χ1n) is 6.47. The van der Waals surface area contributed by atoms with Gasteiger partial charge in [0.1, 0.15) is 17.4 Å². The average Bonchev–Trinajstić information content (AvgIpc) is 2.91. The monoisotopic (exact) mass is 260 g/mol. The molecule has 1 aliphatic rings. The summed E-state index contributed by atoms with van der Waals surface area (Å²) in [4.78, 5) is 18.8. The summed E-state index contributed by atoms with van der Waals surface area (Å²) in [6, 6.07) is 3.58. The van der Waals surface area contributed by atoms with Crippen molar-refractivity contribution in [2.45, 2.75) is 25.4 Å². The van der Waals surface area contributed by atoms with E-state index in [9.17, 15) is 4.79 Å². The smallest absolute Gasteiger partial charge is 0.157 e. The lowest BCUT2D eigenvalue weighted by Crippen LogP contribution is -2.12. The highest BCUT2D eigenvalue weighted by molar-refractivity contribution is 5.92. The number of H-pyrrole nitrogens is 1. The maximum Gasteiger partial charge on any atom is 0.157 e. The third-order valence-corrected chi connectivity index (χ3v) is 3.47. The Kier molecular flexibility index (Phi) is 3.21. The Morgan fingerprint density at radius 1 is 1.47 bits per heavy atom. The van der Waals surface area contributed by atoms with Crippen LogP contribution in [0.1, 0.15) is 41.5 Å². The predicted octanol–water partition coefficient (Wildman–Crippen LogP) is 2.63. The van der Waals surface area contributed by atoms with Gasteiger partial charge in [0.25, 0.3) is 0 Å². The maximum absolute atomic E-state index is 11.0. The van der Waals surface area contributed by atoms with Crippen LogP contribution in [-0.2, 0) is 4.74 Å². The summed E-state index contributed by atoms with van der Waals surface area (Å²) in [6.07, 6.45) is 4.03. The minimum atomic E-state index is 0.0190. The largest absolute Gasteiger partial charge is 0.494 e. The van der Waals surface area contributed by atoms with Crippen LogP contribution in [0.5, 0.6) is 5.75 Å². The van der Waals surface area contributed by atoms with Crippen molar-refractivity contribution in [2.24, 2.45) is 0 Å². The molecule has 0 spiro atoms. The number of nitrogens with zero attached hydrogens (tertiary/aromatic N) is 1. The molecule has 1 atom stereocenters. The number of nitrogens with one attached hydrogen (secondary N) is 1. The second kappa shape index (κ2) is 5.01. The fraction of sp³-hybridized carbons (Fsp3) is 0.429. The summed E-state index contributed by atoms with van der Waals surface area (Å²) in [6.45, 7) is 0.776. The molecule has 0 bridgehead atoms. The number of carbonyl (C=O) groups is 1. The van der Waals surface area contributed by atoms with Gasteiger partial charge in [0.15, 0.2) is 12.0 Å². The molecule has 1 N–H and O–H groups in total. The summed E-state index contributed by atoms with van der Waals surface area (Å²) in [7, 11) is 1.55. The minimum absolute atomic E-state index is 0.0190. The van der Waals surface area contributed by atoms with E-state index < -0.39 is 0 Å². The van der Waals surface area contributed by atoms with E-state index in [0.29, 0.717) is 16.8 Å². The molecule has 2 aromatic rings. The Morgan fingerprint density at radius 2 is 2.37 bits per heavy atom. The molecule has 1 unspecified atom stereocenters. The van der Waals surface area contributed by atoms with Crippen molar-refractivity contribution in [3.63, 3.8) is 0 Å². The van der Waals surface area contributed by atoms with Crippen molar-refractivity contribution in [3.05, 3.63) is 23.5 Å². The molecular weight excluding hydrogens is 244 g/mol. The Morgan fingerprint density at radius 3 is 3.05 bits per heavy atom. The zero-order valence-electron chi connectivity index (χ0n) is 10.8. The summed E-state index contributed by atoms with van der Waals surface area (Å²) in [5, 5.41) is 0. The lowest BCUT2D eigenvalue weighted by Gasteiger charge is -2.20. The van der Waals surface area contributed by atoms with Crippen molar-refractivity contribution in [1.29, 1.82) is 0 Å². The average molecular weight is 260 g/mol. The first-order chi connectivity index (χ1) is 9.33. The zero-order valence-corrected chi connectivity index (χ0v) is 10.8. The fourth-order valence-electron chi connectivity index (χ4n) is 2.50. The van der Waals surface area contributed by atoms with E-state index in [-0.39, 0.29) is 6.10 Å². The Balaban J connectivity index is 2.06. The molecule has 0 aliphatic carbocycles. The highest BCUT2D eigenvalue weighted by Crippen LogP contribution is 2.31. The summed E-state index contributed by atoms with van der Waals surface area (Å²) in [5.41, 5.74) is 2.07. The number of ether oxygens (including phenoxy) is 2. The number of benzene rings is 1. The molecule has 1 fully saturated rings. The van der Waals surface area contributed by atoms with E-state index in [1.54, 1.807) is 13.2 Å². The van der Waals surface area contributed by atoms with Crippen LogP contribution in [0.2, 0.25) is 0 Å². The number of hydrogen-bond donors (Lipinski definition) is 1. The molecular formula is C14H16N2O3. The molecule has 100 valence electrons. The van der Waals surface area contributed by atoms with E-state index in [1.165, 1.54) is 0 Å². The number of aromatic nitrogens is 2. The first-order valence-corrected chi connectivity index (χ1v) is 6.47. The van der Waals surface area contributed by atoms with Gasteiger partial charge in [-0.05, 0) is 31.4 Å². The van der Waals surface area contributed by atoms with Gasteiger partial charge in [-0.25, -0.2) is 4.98 Å². The third-order valence-electron chi connectivity index (χ3n) is 3.47. The van der Waals surface area contributed by atoms with E-state index >= 15 is 0 Å². The van der Waals surface area contributed by atoms with Crippen molar-refractivity contribution in [3.8, 4) is 5.75 Å². The Bertz CT molecular complexity index is 600. The summed E-state index contributed by atoms with van der Waals surface area (Å²) < 4.78 is 11.0. The van der Waals surface area contributed by atoms with Gasteiger partial charge in [0.2, 0.25) is 0 Å². The molecule has 5 heteroatoms. The van der Waals surface area contributed by atoms with Crippen LogP contribution in [0.25, 0.3) is 11.0 Å². The number of aldehydes is 1. The molecule has 1 aliphatic heterocycles. The first kappa shape index (κ1) is 12.2. The van der Waals surface area contributed by atoms with E-state index in [2.05, 4.69) is 9.97 Å². The molecule has 0 radical (unpaired) electrons. The van der Waals surface area contributed by atoms with Gasteiger partial charge in [0, 0.05) is 6.61 Å². The van der Waals surface area contributed by atoms with E-state index in [4.69, 9.17) is 9.47 Å². The highest BCUT2D eigenvalue weighted by atomic mass is 16.5. The Labute approximate surface area is 110 Å². The molecule has 19 heavy (non-hydrogen) atoms. The predicted molar refractivity (Wildman–Crippen MR) is 70.6 cm³/mol. The lowest BCUT2D eigenvalue weighted by atomic mass is 10.1. The van der Waals surface area contributed by atoms with Crippen molar-refractivity contribution in [1.82, 2.24) is 9.97 Å². The normalized spacial score (nSPS) is 19.5. The van der Waals surface area contributed by atoms with Gasteiger partial charge in [0.05, 0.1) is 18.2 Å². The number of carbonyl (C=O) groups excluding carboxylic acids is 1. The van der Waals surface area contributed by atoms with Crippen LogP contribution in [0.15, 0.2) is 12.1 Å². The van der Waals surface area contributed by atoms with Crippen LogP contribution >= 0.6 is 0 Å². The van der Waals surface area contributed by atoms with Crippen LogP contribution in [0.4, 0.5) is 0 Å². The molecule has 5 nitrogen and oxygen atoms in total. The lowest BCUT2D eigenvalue weighted by molar-refractivity contribution is 0.0101. The summed E-state index contributed by atoms with van der Waals surface area (Å²) >= 11 is 0. The topological polar surface area (TPSA) is 64.2 Å². The number of fused-ring (bicyclic) bond motifs is 1. The van der Waals surface area contributed by atoms with E-state index in [1.807, 2.05) is 6.07 Å². The summed E-state index contributed by atoms with van der Waals surface area (Å²) in [5.74, 6) is 1.34. The fourth-order valence-corrected chi connectivity index (χ4v) is 2.50. The number of aromatic amines is 1. The standard InChI is InChI=1S/C14H16N2O3/c1-18-13-9(8-17)5-6-10-12(13)16-14(15-10)11-4-2-3-7-19-11/h5-6,8,11H,2-4,7H2,1H3,(H,15,16). The zero-order chi connectivity index (χ0) is 13.2. The molecule has 2 heterocycles. The number of imidazole rings is 1. The molecule has 0 saturated carbocycles. The molecule has 1 aromatic heterocycles. The van der Waals surface area contributed by atoms with E-state index in [0.717, 1.165) is 43.5 Å². The minimum Gasteiger partial charge on any atom is -0.494 e. The second-order valence-electron chi connectivity index (χ2n) is 4.68. The van der Waals surface area contributed by atoms with Crippen LogP contribution < -0.4 is 4.74 Å². The maximum atomic E-state index is 11.0. The van der Waals surface area contributed by atoms with Gasteiger partial charge >= 0.3 is 0 Å². The number of hydrogen-bond acceptors (Lipinski definition) is 4.